The van der Waals surface area contributed by atoms with Gasteiger partial charge in [-0.2, -0.15) is 0 Å². The van der Waals surface area contributed by atoms with E-state index in [9.17, 15) is 4.79 Å². The molecular weight excluding hydrogens is 356 g/mol. The number of aryl methyl sites for hydroxylation is 2. The lowest BCUT2D eigenvalue weighted by molar-refractivity contribution is 0.102. The van der Waals surface area contributed by atoms with Crippen LogP contribution in [0.2, 0.25) is 0 Å². The highest BCUT2D eigenvalue weighted by molar-refractivity contribution is 6.05. The second kappa shape index (κ2) is 8.52. The third-order valence-corrected chi connectivity index (χ3v) is 5.81. The molecule has 4 rings (SSSR count). The molecule has 1 N–H and O–H groups in total. The van der Waals surface area contributed by atoms with E-state index < -0.39 is 0 Å². The summed E-state index contributed by atoms with van der Waals surface area (Å²) in [7, 11) is 0. The second-order valence-electron chi connectivity index (χ2n) is 7.61. The maximum Gasteiger partial charge on any atom is 0.255 e. The number of carbonyl (C=O) groups is 1. The average molecular weight is 385 g/mol. The number of fused-ring (bicyclic) bond motifs is 1. The molecule has 3 aromatic rings. The highest BCUT2D eigenvalue weighted by Crippen LogP contribution is 2.29. The molecule has 0 aromatic heterocycles. The summed E-state index contributed by atoms with van der Waals surface area (Å²) in [5.74, 6) is -0.0429. The Morgan fingerprint density at radius 3 is 2.28 bits per heavy atom. The van der Waals surface area contributed by atoms with Gasteiger partial charge in [-0.1, -0.05) is 62.4 Å². The number of para-hydroxylation sites is 2. The average Bonchev–Trinajstić information content (AvgIpc) is 3.17. The van der Waals surface area contributed by atoms with Crippen LogP contribution in [-0.2, 0) is 25.8 Å². The van der Waals surface area contributed by atoms with Gasteiger partial charge in [0.15, 0.2) is 0 Å². The molecule has 0 aliphatic carbocycles. The molecule has 0 spiro atoms. The monoisotopic (exact) mass is 384 g/mol. The molecule has 0 unspecified atom stereocenters. The Balaban J connectivity index is 1.47. The Kier molecular flexibility index (Phi) is 5.66. The first-order chi connectivity index (χ1) is 14.2. The SMILES string of the molecule is CCc1cccc(CC)c1NC(=O)c1ccc(CN2CCc3ccccc32)cc1. The molecule has 1 aliphatic rings. The van der Waals surface area contributed by atoms with E-state index in [-0.39, 0.29) is 5.91 Å². The molecule has 0 saturated heterocycles. The van der Waals surface area contributed by atoms with Gasteiger partial charge < -0.3 is 10.2 Å². The van der Waals surface area contributed by atoms with Crippen molar-refractivity contribution in [3.63, 3.8) is 0 Å². The van der Waals surface area contributed by atoms with E-state index in [0.29, 0.717) is 5.56 Å². The first-order valence-electron chi connectivity index (χ1n) is 10.5. The largest absolute Gasteiger partial charge is 0.367 e. The van der Waals surface area contributed by atoms with Crippen molar-refractivity contribution in [1.29, 1.82) is 0 Å². The Morgan fingerprint density at radius 1 is 0.897 bits per heavy atom. The number of nitrogens with one attached hydrogen (secondary N) is 1. The van der Waals surface area contributed by atoms with Crippen LogP contribution in [0.4, 0.5) is 11.4 Å². The standard InChI is InChI=1S/C26H28N2O/c1-3-20-9-7-10-21(4-2)25(20)27-26(29)23-14-12-19(13-15-23)18-28-17-16-22-8-5-6-11-24(22)28/h5-15H,3-4,16-18H2,1-2H3,(H,27,29). The highest BCUT2D eigenvalue weighted by atomic mass is 16.1. The van der Waals surface area contributed by atoms with Crippen LogP contribution in [0.1, 0.15) is 46.5 Å². The van der Waals surface area contributed by atoms with Gasteiger partial charge in [-0.15, -0.1) is 0 Å². The summed E-state index contributed by atoms with van der Waals surface area (Å²) in [6.07, 6.45) is 2.91. The molecule has 0 radical (unpaired) electrons. The molecule has 1 aliphatic heterocycles. The zero-order valence-electron chi connectivity index (χ0n) is 17.2. The third-order valence-electron chi connectivity index (χ3n) is 5.81. The van der Waals surface area contributed by atoms with Crippen LogP contribution < -0.4 is 10.2 Å². The van der Waals surface area contributed by atoms with Crippen molar-refractivity contribution >= 4 is 17.3 Å². The first kappa shape index (κ1) is 19.3. The summed E-state index contributed by atoms with van der Waals surface area (Å²) in [4.78, 5) is 15.3. The molecular formula is C26H28N2O. The fourth-order valence-corrected chi connectivity index (χ4v) is 4.14. The highest BCUT2D eigenvalue weighted by Gasteiger charge is 2.18. The van der Waals surface area contributed by atoms with Crippen molar-refractivity contribution in [3.05, 3.63) is 94.5 Å². The summed E-state index contributed by atoms with van der Waals surface area (Å²) in [5.41, 5.74) is 8.01. The normalized spacial score (nSPS) is 12.7. The van der Waals surface area contributed by atoms with E-state index in [1.807, 2.05) is 12.1 Å². The number of hydrogen-bond acceptors (Lipinski definition) is 2. The summed E-state index contributed by atoms with van der Waals surface area (Å²) < 4.78 is 0. The zero-order valence-corrected chi connectivity index (χ0v) is 17.2. The number of nitrogens with zero attached hydrogens (tertiary/aromatic N) is 1. The lowest BCUT2D eigenvalue weighted by Crippen LogP contribution is -2.20. The van der Waals surface area contributed by atoms with Crippen LogP contribution in [0.25, 0.3) is 0 Å². The molecule has 3 aromatic carbocycles. The molecule has 0 atom stereocenters. The lowest BCUT2D eigenvalue weighted by Gasteiger charge is -2.19. The van der Waals surface area contributed by atoms with E-state index in [1.54, 1.807) is 0 Å². The molecule has 0 bridgehead atoms. The lowest BCUT2D eigenvalue weighted by atomic mass is 10.0. The maximum absolute atomic E-state index is 12.8. The third kappa shape index (κ3) is 4.04. The molecule has 0 fully saturated rings. The number of amides is 1. The van der Waals surface area contributed by atoms with Crippen LogP contribution >= 0.6 is 0 Å². The van der Waals surface area contributed by atoms with Crippen LogP contribution in [0.5, 0.6) is 0 Å². The number of carbonyl (C=O) groups excluding carboxylic acids is 1. The van der Waals surface area contributed by atoms with Gasteiger partial charge in [-0.3, -0.25) is 4.79 Å². The van der Waals surface area contributed by atoms with Crippen molar-refractivity contribution in [1.82, 2.24) is 0 Å². The topological polar surface area (TPSA) is 32.3 Å². The number of rotatable bonds is 6. The van der Waals surface area contributed by atoms with Gasteiger partial charge in [0.05, 0.1) is 0 Å². The van der Waals surface area contributed by atoms with Gasteiger partial charge in [0.25, 0.3) is 5.91 Å². The van der Waals surface area contributed by atoms with Gasteiger partial charge in [-0.05, 0) is 59.7 Å². The number of benzene rings is 3. The van der Waals surface area contributed by atoms with Crippen LogP contribution in [0.15, 0.2) is 66.7 Å². The van der Waals surface area contributed by atoms with Crippen molar-refractivity contribution in [2.75, 3.05) is 16.8 Å². The van der Waals surface area contributed by atoms with Gasteiger partial charge in [0, 0.05) is 30.0 Å². The van der Waals surface area contributed by atoms with E-state index in [1.165, 1.54) is 27.9 Å². The van der Waals surface area contributed by atoms with Crippen molar-refractivity contribution in [2.24, 2.45) is 0 Å². The fourth-order valence-electron chi connectivity index (χ4n) is 4.14. The van der Waals surface area contributed by atoms with Gasteiger partial charge in [0.1, 0.15) is 0 Å². The van der Waals surface area contributed by atoms with Crippen LogP contribution in [-0.4, -0.2) is 12.5 Å². The van der Waals surface area contributed by atoms with E-state index in [4.69, 9.17) is 0 Å². The minimum absolute atomic E-state index is 0.0429. The van der Waals surface area contributed by atoms with Crippen LogP contribution in [0, 0.1) is 0 Å². The minimum atomic E-state index is -0.0429. The van der Waals surface area contributed by atoms with Crippen LogP contribution in [0.3, 0.4) is 0 Å². The molecule has 29 heavy (non-hydrogen) atoms. The van der Waals surface area contributed by atoms with Gasteiger partial charge in [0.2, 0.25) is 0 Å². The van der Waals surface area contributed by atoms with E-state index in [2.05, 4.69) is 78.7 Å². The van der Waals surface area contributed by atoms with Crippen molar-refractivity contribution < 1.29 is 4.79 Å². The van der Waals surface area contributed by atoms with Gasteiger partial charge >= 0.3 is 0 Å². The summed E-state index contributed by atoms with van der Waals surface area (Å²) in [5, 5.41) is 3.15. The quantitative estimate of drug-likeness (QED) is 0.598. The summed E-state index contributed by atoms with van der Waals surface area (Å²) in [6, 6.07) is 22.9. The molecule has 0 saturated carbocycles. The predicted octanol–water partition coefficient (Wildman–Crippen LogP) is 5.63. The Hall–Kier alpha value is -3.07. The molecule has 3 heteroatoms. The Labute approximate surface area is 173 Å². The Bertz CT molecular complexity index is 985. The zero-order chi connectivity index (χ0) is 20.2. The van der Waals surface area contributed by atoms with Gasteiger partial charge in [-0.25, -0.2) is 0 Å². The molecule has 148 valence electrons. The first-order valence-corrected chi connectivity index (χ1v) is 10.5. The molecule has 1 heterocycles. The second-order valence-corrected chi connectivity index (χ2v) is 7.61. The van der Waals surface area contributed by atoms with Crippen molar-refractivity contribution in [3.8, 4) is 0 Å². The predicted molar refractivity (Wildman–Crippen MR) is 121 cm³/mol. The molecule has 3 nitrogen and oxygen atoms in total. The summed E-state index contributed by atoms with van der Waals surface area (Å²) >= 11 is 0. The van der Waals surface area contributed by atoms with Crippen molar-refractivity contribution in [2.45, 2.75) is 39.7 Å². The Morgan fingerprint density at radius 2 is 1.59 bits per heavy atom. The molecule has 1 amide bonds. The smallest absolute Gasteiger partial charge is 0.255 e. The van der Waals surface area contributed by atoms with E-state index in [0.717, 1.165) is 38.0 Å². The fraction of sp³-hybridized carbons (Fsp3) is 0.269. The minimum Gasteiger partial charge on any atom is -0.367 e. The summed E-state index contributed by atoms with van der Waals surface area (Å²) in [6.45, 7) is 6.16. The number of hydrogen-bond donors (Lipinski definition) is 1. The maximum atomic E-state index is 12.8. The number of anilines is 2. The van der Waals surface area contributed by atoms with E-state index >= 15 is 0 Å².